The average Bonchev–Trinajstić information content (AvgIpc) is 2.43. The fraction of sp³-hybridized carbons (Fsp3) is 0.533. The largest absolute Gasteiger partial charge is 0.468 e. The summed E-state index contributed by atoms with van der Waals surface area (Å²) >= 11 is 0. The molecule has 0 radical (unpaired) electrons. The number of benzene rings is 1. The normalized spacial score (nSPS) is 10.6. The molecule has 0 saturated heterocycles. The smallest absolute Gasteiger partial charge is 0.319 e. The van der Waals surface area contributed by atoms with Gasteiger partial charge in [-0.1, -0.05) is 37.3 Å². The monoisotopic (exact) mass is 249 g/mol. The van der Waals surface area contributed by atoms with E-state index in [0.717, 1.165) is 32.4 Å². The Balaban J connectivity index is 2.17. The topological polar surface area (TPSA) is 29.5 Å². The molecule has 0 aliphatic heterocycles. The number of carbonyl (C=O) groups excluding carboxylic acids is 1. The van der Waals surface area contributed by atoms with Crippen LogP contribution in [0.3, 0.4) is 0 Å². The summed E-state index contributed by atoms with van der Waals surface area (Å²) in [6.07, 6.45) is 3.37. The maximum absolute atomic E-state index is 11.2. The van der Waals surface area contributed by atoms with Crippen LogP contribution >= 0.6 is 0 Å². The van der Waals surface area contributed by atoms with Gasteiger partial charge in [0.2, 0.25) is 0 Å². The SMILES string of the molecule is CCN(CCCCc1ccccc1)CC(=O)OC. The second kappa shape index (κ2) is 8.70. The maximum Gasteiger partial charge on any atom is 0.319 e. The van der Waals surface area contributed by atoms with Crippen LogP contribution in [0.5, 0.6) is 0 Å². The Morgan fingerprint density at radius 2 is 1.94 bits per heavy atom. The molecule has 0 aromatic heterocycles. The first-order valence-electron chi connectivity index (χ1n) is 6.59. The number of hydrogen-bond acceptors (Lipinski definition) is 3. The predicted octanol–water partition coefficient (Wildman–Crippen LogP) is 2.50. The van der Waals surface area contributed by atoms with Crippen molar-refractivity contribution in [1.82, 2.24) is 4.90 Å². The zero-order valence-electron chi connectivity index (χ0n) is 11.4. The van der Waals surface area contributed by atoms with Crippen LogP contribution in [-0.2, 0) is 16.0 Å². The minimum atomic E-state index is -0.153. The molecule has 0 saturated carbocycles. The van der Waals surface area contributed by atoms with Crippen LogP contribution in [0.25, 0.3) is 0 Å². The summed E-state index contributed by atoms with van der Waals surface area (Å²) in [6, 6.07) is 10.5. The second-order valence-corrected chi connectivity index (χ2v) is 4.39. The number of methoxy groups -OCH3 is 1. The van der Waals surface area contributed by atoms with Gasteiger partial charge in [-0.05, 0) is 37.9 Å². The van der Waals surface area contributed by atoms with E-state index in [9.17, 15) is 4.79 Å². The van der Waals surface area contributed by atoms with Gasteiger partial charge >= 0.3 is 5.97 Å². The van der Waals surface area contributed by atoms with Crippen molar-refractivity contribution in [3.8, 4) is 0 Å². The Morgan fingerprint density at radius 1 is 1.22 bits per heavy atom. The lowest BCUT2D eigenvalue weighted by Crippen LogP contribution is -2.31. The van der Waals surface area contributed by atoms with Crippen LogP contribution in [0.4, 0.5) is 0 Å². The lowest BCUT2D eigenvalue weighted by Gasteiger charge is -2.18. The van der Waals surface area contributed by atoms with Crippen molar-refractivity contribution in [3.63, 3.8) is 0 Å². The van der Waals surface area contributed by atoms with Gasteiger partial charge in [0, 0.05) is 0 Å². The Labute approximate surface area is 110 Å². The molecule has 0 aliphatic carbocycles. The van der Waals surface area contributed by atoms with Crippen molar-refractivity contribution in [2.75, 3.05) is 26.7 Å². The summed E-state index contributed by atoms with van der Waals surface area (Å²) in [4.78, 5) is 13.3. The van der Waals surface area contributed by atoms with Gasteiger partial charge in [0.1, 0.15) is 0 Å². The Kier molecular flexibility index (Phi) is 7.11. The molecule has 1 aromatic rings. The molecular formula is C15H23NO2. The van der Waals surface area contributed by atoms with Crippen molar-refractivity contribution in [2.45, 2.75) is 26.2 Å². The van der Waals surface area contributed by atoms with E-state index < -0.39 is 0 Å². The fourth-order valence-corrected chi connectivity index (χ4v) is 1.91. The quantitative estimate of drug-likeness (QED) is 0.524. The lowest BCUT2D eigenvalue weighted by atomic mass is 10.1. The van der Waals surface area contributed by atoms with Crippen molar-refractivity contribution in [1.29, 1.82) is 0 Å². The molecule has 0 aliphatic rings. The molecule has 0 unspecified atom stereocenters. The van der Waals surface area contributed by atoms with Crippen LogP contribution < -0.4 is 0 Å². The summed E-state index contributed by atoms with van der Waals surface area (Å²) in [6.45, 7) is 4.32. The Morgan fingerprint density at radius 3 is 2.56 bits per heavy atom. The highest BCUT2D eigenvalue weighted by Crippen LogP contribution is 2.05. The number of nitrogens with zero attached hydrogens (tertiary/aromatic N) is 1. The molecule has 0 bridgehead atoms. The highest BCUT2D eigenvalue weighted by Gasteiger charge is 2.08. The highest BCUT2D eigenvalue weighted by atomic mass is 16.5. The Bertz CT molecular complexity index is 338. The number of likely N-dealkylation sites (N-methyl/N-ethyl adjacent to an activating group) is 1. The summed E-state index contributed by atoms with van der Waals surface area (Å²) in [5.74, 6) is -0.153. The molecule has 3 nitrogen and oxygen atoms in total. The van der Waals surface area contributed by atoms with E-state index in [2.05, 4.69) is 40.8 Å². The third kappa shape index (κ3) is 5.82. The second-order valence-electron chi connectivity index (χ2n) is 4.39. The number of unbranched alkanes of at least 4 members (excludes halogenated alkanes) is 1. The minimum Gasteiger partial charge on any atom is -0.468 e. The van der Waals surface area contributed by atoms with Gasteiger partial charge in [-0.3, -0.25) is 9.69 Å². The number of carbonyl (C=O) groups is 1. The zero-order chi connectivity index (χ0) is 13.2. The number of esters is 1. The number of ether oxygens (including phenoxy) is 1. The van der Waals surface area contributed by atoms with Gasteiger partial charge in [-0.2, -0.15) is 0 Å². The molecule has 1 aromatic carbocycles. The standard InChI is InChI=1S/C15H23NO2/c1-3-16(13-15(17)18-2)12-8-7-11-14-9-5-4-6-10-14/h4-6,9-10H,3,7-8,11-13H2,1-2H3. The van der Waals surface area contributed by atoms with Gasteiger partial charge in [0.25, 0.3) is 0 Å². The van der Waals surface area contributed by atoms with Crippen LogP contribution in [-0.4, -0.2) is 37.6 Å². The van der Waals surface area contributed by atoms with Gasteiger partial charge < -0.3 is 4.74 Å². The molecule has 0 N–H and O–H groups in total. The van der Waals surface area contributed by atoms with Crippen molar-refractivity contribution < 1.29 is 9.53 Å². The molecule has 0 atom stereocenters. The molecule has 3 heteroatoms. The third-order valence-electron chi connectivity index (χ3n) is 3.06. The van der Waals surface area contributed by atoms with E-state index in [1.165, 1.54) is 12.7 Å². The molecular weight excluding hydrogens is 226 g/mol. The van der Waals surface area contributed by atoms with E-state index >= 15 is 0 Å². The van der Waals surface area contributed by atoms with E-state index in [4.69, 9.17) is 0 Å². The number of hydrogen-bond donors (Lipinski definition) is 0. The number of aryl methyl sites for hydroxylation is 1. The first-order valence-corrected chi connectivity index (χ1v) is 6.59. The first-order chi connectivity index (χ1) is 8.76. The molecule has 0 heterocycles. The van der Waals surface area contributed by atoms with Gasteiger partial charge in [0.15, 0.2) is 0 Å². The summed E-state index contributed by atoms with van der Waals surface area (Å²) < 4.78 is 4.68. The predicted molar refractivity (Wildman–Crippen MR) is 73.5 cm³/mol. The van der Waals surface area contributed by atoms with Gasteiger partial charge in [0.05, 0.1) is 13.7 Å². The lowest BCUT2D eigenvalue weighted by molar-refractivity contribution is -0.141. The molecule has 1 rings (SSSR count). The van der Waals surface area contributed by atoms with E-state index in [0.29, 0.717) is 6.54 Å². The van der Waals surface area contributed by atoms with E-state index in [1.54, 1.807) is 0 Å². The summed E-state index contributed by atoms with van der Waals surface area (Å²) in [7, 11) is 1.44. The molecule has 0 amide bonds. The van der Waals surface area contributed by atoms with E-state index in [1.807, 2.05) is 6.07 Å². The van der Waals surface area contributed by atoms with Crippen molar-refractivity contribution in [2.24, 2.45) is 0 Å². The summed E-state index contributed by atoms with van der Waals surface area (Å²) in [5, 5.41) is 0. The van der Waals surface area contributed by atoms with Crippen LogP contribution in [0.2, 0.25) is 0 Å². The van der Waals surface area contributed by atoms with Gasteiger partial charge in [-0.25, -0.2) is 0 Å². The number of rotatable bonds is 8. The molecule has 18 heavy (non-hydrogen) atoms. The molecule has 100 valence electrons. The van der Waals surface area contributed by atoms with Gasteiger partial charge in [-0.15, -0.1) is 0 Å². The van der Waals surface area contributed by atoms with Crippen LogP contribution in [0.1, 0.15) is 25.3 Å². The fourth-order valence-electron chi connectivity index (χ4n) is 1.91. The first kappa shape index (κ1) is 14.7. The van der Waals surface area contributed by atoms with E-state index in [-0.39, 0.29) is 5.97 Å². The van der Waals surface area contributed by atoms with Crippen LogP contribution in [0, 0.1) is 0 Å². The minimum absolute atomic E-state index is 0.153. The zero-order valence-corrected chi connectivity index (χ0v) is 11.4. The maximum atomic E-state index is 11.2. The molecule has 0 spiro atoms. The third-order valence-corrected chi connectivity index (χ3v) is 3.06. The highest BCUT2D eigenvalue weighted by molar-refractivity contribution is 5.71. The van der Waals surface area contributed by atoms with Crippen molar-refractivity contribution in [3.05, 3.63) is 35.9 Å². The summed E-state index contributed by atoms with van der Waals surface area (Å²) in [5.41, 5.74) is 1.38. The Hall–Kier alpha value is -1.35. The average molecular weight is 249 g/mol. The van der Waals surface area contributed by atoms with Crippen molar-refractivity contribution >= 4 is 5.97 Å². The molecule has 0 fully saturated rings. The van der Waals surface area contributed by atoms with Crippen LogP contribution in [0.15, 0.2) is 30.3 Å².